The molecule has 1 aromatic heterocycles. The summed E-state index contributed by atoms with van der Waals surface area (Å²) >= 11 is 9.50. The average molecular weight is 369 g/mol. The quantitative estimate of drug-likeness (QED) is 0.748. The van der Waals surface area contributed by atoms with Gasteiger partial charge in [0.2, 0.25) is 0 Å². The Bertz CT molecular complexity index is 616. The lowest BCUT2D eigenvalue weighted by Crippen LogP contribution is -2.05. The molecule has 0 aliphatic rings. The van der Waals surface area contributed by atoms with E-state index in [1.165, 1.54) is 0 Å². The number of hydrogen-bond donors (Lipinski definition) is 1. The van der Waals surface area contributed by atoms with Crippen molar-refractivity contribution in [2.45, 2.75) is 33.1 Å². The van der Waals surface area contributed by atoms with Crippen molar-refractivity contribution < 1.29 is 0 Å². The van der Waals surface area contributed by atoms with Gasteiger partial charge in [-0.05, 0) is 47.0 Å². The normalized spacial score (nSPS) is 10.7. The van der Waals surface area contributed by atoms with Crippen LogP contribution in [0.3, 0.4) is 0 Å². The van der Waals surface area contributed by atoms with Gasteiger partial charge in [-0.15, -0.1) is 0 Å². The highest BCUT2D eigenvalue weighted by molar-refractivity contribution is 9.10. The Morgan fingerprint density at radius 1 is 1.14 bits per heavy atom. The molecule has 0 aliphatic heterocycles. The van der Waals surface area contributed by atoms with Gasteiger partial charge in [0.05, 0.1) is 5.02 Å². The number of hydrogen-bond acceptors (Lipinski definition) is 3. The van der Waals surface area contributed by atoms with E-state index in [0.717, 1.165) is 53.2 Å². The molecule has 1 heterocycles. The van der Waals surface area contributed by atoms with Crippen LogP contribution in [0.25, 0.3) is 11.4 Å². The Balaban J connectivity index is 2.40. The molecule has 0 aliphatic carbocycles. The SMILES string of the molecule is CCCNc1cc(CCC)nc(-c2ccc(Cl)c(Br)c2)n1. The van der Waals surface area contributed by atoms with E-state index in [1.807, 2.05) is 24.3 Å². The maximum atomic E-state index is 6.05. The van der Waals surface area contributed by atoms with Crippen LogP contribution in [0.15, 0.2) is 28.7 Å². The Hall–Kier alpha value is -1.13. The van der Waals surface area contributed by atoms with E-state index < -0.39 is 0 Å². The first-order valence-corrected chi connectivity index (χ1v) is 8.38. The molecular weight excluding hydrogens is 350 g/mol. The molecule has 5 heteroatoms. The largest absolute Gasteiger partial charge is 0.370 e. The second-order valence-corrected chi connectivity index (χ2v) is 6.14. The van der Waals surface area contributed by atoms with Crippen molar-refractivity contribution in [1.82, 2.24) is 9.97 Å². The fourth-order valence-corrected chi connectivity index (χ4v) is 2.49. The van der Waals surface area contributed by atoms with Crippen LogP contribution in [0.5, 0.6) is 0 Å². The topological polar surface area (TPSA) is 37.8 Å². The first-order valence-electron chi connectivity index (χ1n) is 7.21. The molecule has 0 unspecified atom stereocenters. The maximum absolute atomic E-state index is 6.05. The van der Waals surface area contributed by atoms with Gasteiger partial charge in [0.1, 0.15) is 5.82 Å². The standard InChI is InChI=1S/C16H19BrClN3/c1-3-5-12-10-15(19-8-4-2)21-16(20-12)11-6-7-14(18)13(17)9-11/h6-7,9-10H,3-5,8H2,1-2H3,(H,19,20,21). The lowest BCUT2D eigenvalue weighted by atomic mass is 10.2. The van der Waals surface area contributed by atoms with Gasteiger partial charge < -0.3 is 5.32 Å². The molecule has 0 amide bonds. The third-order valence-corrected chi connectivity index (χ3v) is 4.23. The van der Waals surface area contributed by atoms with Crippen LogP contribution in [-0.2, 0) is 6.42 Å². The molecule has 0 saturated heterocycles. The lowest BCUT2D eigenvalue weighted by Gasteiger charge is -2.10. The van der Waals surface area contributed by atoms with Gasteiger partial charge in [0, 0.05) is 28.3 Å². The van der Waals surface area contributed by atoms with E-state index in [2.05, 4.69) is 45.1 Å². The summed E-state index contributed by atoms with van der Waals surface area (Å²) in [5, 5.41) is 4.03. The zero-order valence-electron chi connectivity index (χ0n) is 12.3. The van der Waals surface area contributed by atoms with Crippen LogP contribution < -0.4 is 5.32 Å². The molecule has 0 spiro atoms. The van der Waals surface area contributed by atoms with Crippen molar-refractivity contribution in [1.29, 1.82) is 0 Å². The smallest absolute Gasteiger partial charge is 0.161 e. The summed E-state index contributed by atoms with van der Waals surface area (Å²) in [5.74, 6) is 1.62. The zero-order chi connectivity index (χ0) is 15.2. The molecule has 21 heavy (non-hydrogen) atoms. The number of halogens is 2. The number of aromatic nitrogens is 2. The summed E-state index contributed by atoms with van der Waals surface area (Å²) in [7, 11) is 0. The van der Waals surface area contributed by atoms with Crippen molar-refractivity contribution in [3.8, 4) is 11.4 Å². The number of nitrogens with one attached hydrogen (secondary N) is 1. The molecule has 2 aromatic rings. The van der Waals surface area contributed by atoms with Crippen molar-refractivity contribution in [2.75, 3.05) is 11.9 Å². The number of rotatable bonds is 6. The summed E-state index contributed by atoms with van der Waals surface area (Å²) in [6, 6.07) is 7.79. The van der Waals surface area contributed by atoms with Gasteiger partial charge in [-0.3, -0.25) is 0 Å². The van der Waals surface area contributed by atoms with Crippen molar-refractivity contribution in [2.24, 2.45) is 0 Å². The molecule has 112 valence electrons. The summed E-state index contributed by atoms with van der Waals surface area (Å²) in [6.07, 6.45) is 3.08. The highest BCUT2D eigenvalue weighted by Crippen LogP contribution is 2.28. The van der Waals surface area contributed by atoms with Gasteiger partial charge in [-0.1, -0.05) is 31.9 Å². The molecule has 1 aromatic carbocycles. The molecular formula is C16H19BrClN3. The Kier molecular flexibility index (Phi) is 6.00. The predicted molar refractivity (Wildman–Crippen MR) is 93.0 cm³/mol. The summed E-state index contributed by atoms with van der Waals surface area (Å²) in [6.45, 7) is 5.20. The van der Waals surface area contributed by atoms with Gasteiger partial charge in [0.15, 0.2) is 5.82 Å². The van der Waals surface area contributed by atoms with Crippen LogP contribution in [0.1, 0.15) is 32.4 Å². The van der Waals surface area contributed by atoms with Gasteiger partial charge in [-0.25, -0.2) is 9.97 Å². The lowest BCUT2D eigenvalue weighted by molar-refractivity contribution is 0.872. The van der Waals surface area contributed by atoms with Gasteiger partial charge in [0.25, 0.3) is 0 Å². The Morgan fingerprint density at radius 3 is 2.62 bits per heavy atom. The van der Waals surface area contributed by atoms with Crippen molar-refractivity contribution >= 4 is 33.3 Å². The number of nitrogens with zero attached hydrogens (tertiary/aromatic N) is 2. The Labute approximate surface area is 139 Å². The summed E-state index contributed by atoms with van der Waals surface area (Å²) in [4.78, 5) is 9.27. The molecule has 0 radical (unpaired) electrons. The number of anilines is 1. The van der Waals surface area contributed by atoms with E-state index in [1.54, 1.807) is 0 Å². The molecule has 0 saturated carbocycles. The zero-order valence-corrected chi connectivity index (χ0v) is 14.6. The minimum absolute atomic E-state index is 0.688. The molecule has 1 N–H and O–H groups in total. The van der Waals surface area contributed by atoms with E-state index in [0.29, 0.717) is 5.02 Å². The van der Waals surface area contributed by atoms with Crippen molar-refractivity contribution in [3.05, 3.63) is 39.5 Å². The highest BCUT2D eigenvalue weighted by Gasteiger charge is 2.08. The summed E-state index contributed by atoms with van der Waals surface area (Å²) < 4.78 is 0.856. The van der Waals surface area contributed by atoms with Crippen LogP contribution >= 0.6 is 27.5 Å². The fraction of sp³-hybridized carbons (Fsp3) is 0.375. The van der Waals surface area contributed by atoms with E-state index in [-0.39, 0.29) is 0 Å². The Morgan fingerprint density at radius 2 is 1.95 bits per heavy atom. The number of benzene rings is 1. The maximum Gasteiger partial charge on any atom is 0.161 e. The van der Waals surface area contributed by atoms with Crippen LogP contribution in [0.2, 0.25) is 5.02 Å². The highest BCUT2D eigenvalue weighted by atomic mass is 79.9. The van der Waals surface area contributed by atoms with E-state index in [4.69, 9.17) is 11.6 Å². The van der Waals surface area contributed by atoms with Crippen LogP contribution in [0.4, 0.5) is 5.82 Å². The minimum atomic E-state index is 0.688. The molecule has 0 atom stereocenters. The second kappa shape index (κ2) is 7.76. The minimum Gasteiger partial charge on any atom is -0.370 e. The van der Waals surface area contributed by atoms with Crippen molar-refractivity contribution in [3.63, 3.8) is 0 Å². The molecule has 3 nitrogen and oxygen atoms in total. The molecule has 2 rings (SSSR count). The molecule has 0 fully saturated rings. The third-order valence-electron chi connectivity index (χ3n) is 3.02. The van der Waals surface area contributed by atoms with E-state index >= 15 is 0 Å². The first-order chi connectivity index (χ1) is 10.1. The van der Waals surface area contributed by atoms with Crippen LogP contribution in [0, 0.1) is 0 Å². The van der Waals surface area contributed by atoms with Gasteiger partial charge in [-0.2, -0.15) is 0 Å². The fourth-order valence-electron chi connectivity index (χ4n) is 1.99. The number of aryl methyl sites for hydroxylation is 1. The third kappa shape index (κ3) is 4.42. The first kappa shape index (κ1) is 16.2. The van der Waals surface area contributed by atoms with E-state index in [9.17, 15) is 0 Å². The van der Waals surface area contributed by atoms with Crippen LogP contribution in [-0.4, -0.2) is 16.5 Å². The van der Waals surface area contributed by atoms with Gasteiger partial charge >= 0.3 is 0 Å². The predicted octanol–water partition coefficient (Wildman–Crippen LogP) is 5.33. The monoisotopic (exact) mass is 367 g/mol. The second-order valence-electron chi connectivity index (χ2n) is 4.87. The molecule has 0 bridgehead atoms. The average Bonchev–Trinajstić information content (AvgIpc) is 2.48. The summed E-state index contributed by atoms with van der Waals surface area (Å²) in [5.41, 5.74) is 2.02.